The van der Waals surface area contributed by atoms with Crippen LogP contribution in [0.1, 0.15) is 29.8 Å². The number of carbonyl (C=O) groups excluding carboxylic acids is 1. The first-order valence-corrected chi connectivity index (χ1v) is 6.17. The highest BCUT2D eigenvalue weighted by molar-refractivity contribution is 5.94. The molecule has 0 aliphatic rings. The van der Waals surface area contributed by atoms with Crippen molar-refractivity contribution in [3.63, 3.8) is 0 Å². The second-order valence-electron chi connectivity index (χ2n) is 4.37. The second-order valence-corrected chi connectivity index (χ2v) is 4.37. The molecule has 0 atom stereocenters. The van der Waals surface area contributed by atoms with E-state index < -0.39 is 12.6 Å². The number of Topliss-reactive ketones (excluding diaryl/α,β-unsaturated/α-hetero) is 1. The number of alkyl halides is 3. The Bertz CT molecular complexity index is 576. The molecule has 0 spiro atoms. The Morgan fingerprint density at radius 2 is 1.85 bits per heavy atom. The number of benzene rings is 1. The highest BCUT2D eigenvalue weighted by Crippen LogP contribution is 2.22. The van der Waals surface area contributed by atoms with Crippen molar-refractivity contribution in [1.82, 2.24) is 9.78 Å². The van der Waals surface area contributed by atoms with Crippen molar-refractivity contribution >= 4 is 5.78 Å². The lowest BCUT2D eigenvalue weighted by molar-refractivity contribution is -0.135. The highest BCUT2D eigenvalue weighted by atomic mass is 19.4. The minimum Gasteiger partial charge on any atom is -0.292 e. The van der Waals surface area contributed by atoms with Crippen LogP contribution >= 0.6 is 0 Å². The maximum atomic E-state index is 12.0. The van der Waals surface area contributed by atoms with E-state index in [-0.39, 0.29) is 24.3 Å². The Balaban J connectivity index is 1.97. The molecule has 3 nitrogen and oxygen atoms in total. The van der Waals surface area contributed by atoms with Crippen LogP contribution in [0.3, 0.4) is 0 Å². The zero-order chi connectivity index (χ0) is 14.6. The smallest absolute Gasteiger partial charge is 0.292 e. The Kier molecular flexibility index (Phi) is 4.22. The van der Waals surface area contributed by atoms with Crippen LogP contribution in [-0.2, 0) is 0 Å². The van der Waals surface area contributed by atoms with Crippen LogP contribution in [0.5, 0.6) is 0 Å². The summed E-state index contributed by atoms with van der Waals surface area (Å²) in [4.78, 5) is 11.7. The maximum Gasteiger partial charge on any atom is 0.389 e. The summed E-state index contributed by atoms with van der Waals surface area (Å²) in [6.45, 7) is 0. The SMILES string of the molecule is O=C(CCCC(F)(F)F)c1ccn(-c2ccccc2)n1. The first kappa shape index (κ1) is 14.3. The first-order chi connectivity index (χ1) is 9.46. The van der Waals surface area contributed by atoms with Crippen molar-refractivity contribution in [3.8, 4) is 5.69 Å². The van der Waals surface area contributed by atoms with Crippen molar-refractivity contribution in [3.05, 3.63) is 48.3 Å². The van der Waals surface area contributed by atoms with E-state index in [9.17, 15) is 18.0 Å². The molecule has 0 aliphatic carbocycles. The van der Waals surface area contributed by atoms with Crippen molar-refractivity contribution < 1.29 is 18.0 Å². The molecule has 1 aromatic heterocycles. The molecule has 0 unspecified atom stereocenters. The molecular weight excluding hydrogens is 269 g/mol. The summed E-state index contributed by atoms with van der Waals surface area (Å²) < 4.78 is 37.5. The molecule has 0 aliphatic heterocycles. The third kappa shape index (κ3) is 3.94. The van der Waals surface area contributed by atoms with Crippen molar-refractivity contribution in [2.24, 2.45) is 0 Å². The van der Waals surface area contributed by atoms with Gasteiger partial charge in [-0.3, -0.25) is 4.79 Å². The van der Waals surface area contributed by atoms with E-state index in [1.54, 1.807) is 6.20 Å². The van der Waals surface area contributed by atoms with E-state index in [1.165, 1.54) is 10.7 Å². The molecule has 0 saturated carbocycles. The fraction of sp³-hybridized carbons (Fsp3) is 0.286. The summed E-state index contributed by atoms with van der Waals surface area (Å²) in [5.41, 5.74) is 0.984. The highest BCUT2D eigenvalue weighted by Gasteiger charge is 2.26. The molecule has 2 rings (SSSR count). The Hall–Kier alpha value is -2.11. The number of halogens is 3. The molecule has 1 heterocycles. The summed E-state index contributed by atoms with van der Waals surface area (Å²) in [6, 6.07) is 10.7. The molecule has 0 bridgehead atoms. The van der Waals surface area contributed by atoms with Gasteiger partial charge in [-0.2, -0.15) is 18.3 Å². The second kappa shape index (κ2) is 5.90. The summed E-state index contributed by atoms with van der Waals surface area (Å²) >= 11 is 0. The van der Waals surface area contributed by atoms with Crippen molar-refractivity contribution in [2.45, 2.75) is 25.4 Å². The number of rotatable bonds is 5. The number of para-hydroxylation sites is 1. The molecule has 106 valence electrons. The zero-order valence-electron chi connectivity index (χ0n) is 10.6. The van der Waals surface area contributed by atoms with E-state index in [0.29, 0.717) is 0 Å². The van der Waals surface area contributed by atoms with Gasteiger partial charge in [0.05, 0.1) is 5.69 Å². The molecule has 0 N–H and O–H groups in total. The largest absolute Gasteiger partial charge is 0.389 e. The van der Waals surface area contributed by atoms with Crippen LogP contribution < -0.4 is 0 Å². The van der Waals surface area contributed by atoms with Gasteiger partial charge in [0, 0.05) is 19.0 Å². The van der Waals surface area contributed by atoms with Crippen LogP contribution in [0, 0.1) is 0 Å². The normalized spacial score (nSPS) is 11.6. The number of ketones is 1. The standard InChI is InChI=1S/C14H13F3N2O/c15-14(16,17)9-4-7-13(20)12-8-10-19(18-12)11-5-2-1-3-6-11/h1-3,5-6,8,10H,4,7,9H2. The van der Waals surface area contributed by atoms with Crippen molar-refractivity contribution in [1.29, 1.82) is 0 Å². The lowest BCUT2D eigenvalue weighted by Gasteiger charge is -2.04. The molecule has 20 heavy (non-hydrogen) atoms. The molecular formula is C14H13F3N2O. The van der Waals surface area contributed by atoms with E-state index >= 15 is 0 Å². The molecule has 6 heteroatoms. The third-order valence-corrected chi connectivity index (χ3v) is 2.76. The first-order valence-electron chi connectivity index (χ1n) is 6.17. The Morgan fingerprint density at radius 3 is 2.50 bits per heavy atom. The third-order valence-electron chi connectivity index (χ3n) is 2.76. The summed E-state index contributed by atoms with van der Waals surface area (Å²) in [5.74, 6) is -0.371. The Morgan fingerprint density at radius 1 is 1.15 bits per heavy atom. The maximum absolute atomic E-state index is 12.0. The van der Waals surface area contributed by atoms with Crippen molar-refractivity contribution in [2.75, 3.05) is 0 Å². The van der Waals surface area contributed by atoms with Crippen LogP contribution in [-0.4, -0.2) is 21.7 Å². The van der Waals surface area contributed by atoms with Crippen LogP contribution in [0.15, 0.2) is 42.6 Å². The topological polar surface area (TPSA) is 34.9 Å². The monoisotopic (exact) mass is 282 g/mol. The van der Waals surface area contributed by atoms with Crippen LogP contribution in [0.4, 0.5) is 13.2 Å². The van der Waals surface area contributed by atoms with Gasteiger partial charge in [-0.1, -0.05) is 18.2 Å². The van der Waals surface area contributed by atoms with E-state index in [1.807, 2.05) is 30.3 Å². The zero-order valence-corrected chi connectivity index (χ0v) is 10.6. The van der Waals surface area contributed by atoms with E-state index in [2.05, 4.69) is 5.10 Å². The van der Waals surface area contributed by atoms with Gasteiger partial charge in [0.25, 0.3) is 0 Å². The van der Waals surface area contributed by atoms with Gasteiger partial charge < -0.3 is 0 Å². The van der Waals surface area contributed by atoms with Crippen LogP contribution in [0.2, 0.25) is 0 Å². The van der Waals surface area contributed by atoms with E-state index in [4.69, 9.17) is 0 Å². The molecule has 0 radical (unpaired) electrons. The van der Waals surface area contributed by atoms with Gasteiger partial charge in [0.15, 0.2) is 5.78 Å². The van der Waals surface area contributed by atoms with Crippen LogP contribution in [0.25, 0.3) is 5.69 Å². The average Bonchev–Trinajstić information content (AvgIpc) is 2.88. The lowest BCUT2D eigenvalue weighted by atomic mass is 10.1. The minimum atomic E-state index is -4.22. The quantitative estimate of drug-likeness (QED) is 0.782. The number of carbonyl (C=O) groups is 1. The van der Waals surface area contributed by atoms with Gasteiger partial charge in [-0.15, -0.1) is 0 Å². The molecule has 2 aromatic rings. The van der Waals surface area contributed by atoms with Gasteiger partial charge in [0.1, 0.15) is 5.69 Å². The fourth-order valence-electron chi connectivity index (χ4n) is 1.77. The number of nitrogens with zero attached hydrogens (tertiary/aromatic N) is 2. The summed E-state index contributed by atoms with van der Waals surface area (Å²) in [7, 11) is 0. The number of hydrogen-bond donors (Lipinski definition) is 0. The molecule has 0 fully saturated rings. The van der Waals surface area contributed by atoms with Gasteiger partial charge in [0.2, 0.25) is 0 Å². The lowest BCUT2D eigenvalue weighted by Crippen LogP contribution is -2.09. The number of hydrogen-bond acceptors (Lipinski definition) is 2. The summed E-state index contributed by atoms with van der Waals surface area (Å²) in [6.07, 6.45) is -3.90. The van der Waals surface area contributed by atoms with Gasteiger partial charge in [-0.25, -0.2) is 4.68 Å². The van der Waals surface area contributed by atoms with E-state index in [0.717, 1.165) is 5.69 Å². The predicted octanol–water partition coefficient (Wildman–Crippen LogP) is 3.79. The molecule has 0 amide bonds. The molecule has 0 saturated heterocycles. The number of aromatic nitrogens is 2. The van der Waals surface area contributed by atoms with Gasteiger partial charge in [-0.05, 0) is 24.6 Å². The Labute approximate surface area is 114 Å². The minimum absolute atomic E-state index is 0.148. The average molecular weight is 282 g/mol. The fourth-order valence-corrected chi connectivity index (χ4v) is 1.77. The molecule has 1 aromatic carbocycles. The summed E-state index contributed by atoms with van der Waals surface area (Å²) in [5, 5.41) is 4.08. The predicted molar refractivity (Wildman–Crippen MR) is 67.8 cm³/mol. The van der Waals surface area contributed by atoms with Gasteiger partial charge >= 0.3 is 6.18 Å².